The van der Waals surface area contributed by atoms with Crippen LogP contribution in [0.15, 0.2) is 41.5 Å². The number of ether oxygens (including phenoxy) is 1. The Morgan fingerprint density at radius 3 is 2.47 bits per heavy atom. The summed E-state index contributed by atoms with van der Waals surface area (Å²) in [5.74, 6) is -0.654. The van der Waals surface area contributed by atoms with Crippen molar-refractivity contribution in [2.45, 2.75) is 46.3 Å². The summed E-state index contributed by atoms with van der Waals surface area (Å²) in [6.45, 7) is 6.99. The van der Waals surface area contributed by atoms with Gasteiger partial charge in [-0.25, -0.2) is 5.43 Å². The maximum absolute atomic E-state index is 12.7. The van der Waals surface area contributed by atoms with Gasteiger partial charge < -0.3 is 10.1 Å². The zero-order valence-electron chi connectivity index (χ0n) is 19.2. The second kappa shape index (κ2) is 12.3. The standard InChI is InChI=1S/C23H26Cl2N4O5/c1-13(2)9-19(27-22(30)15(4)34-21-8-7-17(24)11-18(21)25)23(31)28-26-12-16-6-5-14(3)20(10-16)29(32)33/h5-8,10-13,15,19H,9H2,1-4H3,(H,27,30)(H,28,31)/b26-12-/t15-,19+/m0/s1. The first kappa shape index (κ1) is 27.1. The first-order valence-corrected chi connectivity index (χ1v) is 11.2. The molecule has 2 amide bonds. The van der Waals surface area contributed by atoms with Gasteiger partial charge >= 0.3 is 0 Å². The number of benzene rings is 2. The van der Waals surface area contributed by atoms with Crippen molar-refractivity contribution >= 4 is 46.9 Å². The molecular weight excluding hydrogens is 483 g/mol. The lowest BCUT2D eigenvalue weighted by Gasteiger charge is -2.22. The molecule has 0 aliphatic carbocycles. The van der Waals surface area contributed by atoms with Gasteiger partial charge in [0.2, 0.25) is 0 Å². The van der Waals surface area contributed by atoms with E-state index in [1.807, 2.05) is 13.8 Å². The Morgan fingerprint density at radius 1 is 1.15 bits per heavy atom. The van der Waals surface area contributed by atoms with Crippen LogP contribution in [0.2, 0.25) is 10.0 Å². The fourth-order valence-electron chi connectivity index (χ4n) is 2.96. The third kappa shape index (κ3) is 8.00. The smallest absolute Gasteiger partial charge is 0.272 e. The number of carbonyl (C=O) groups is 2. The lowest BCUT2D eigenvalue weighted by Crippen LogP contribution is -2.49. The summed E-state index contributed by atoms with van der Waals surface area (Å²) in [5.41, 5.74) is 3.30. The van der Waals surface area contributed by atoms with Crippen LogP contribution >= 0.6 is 23.2 Å². The van der Waals surface area contributed by atoms with Crippen molar-refractivity contribution in [1.29, 1.82) is 0 Å². The molecule has 34 heavy (non-hydrogen) atoms. The molecule has 2 rings (SSSR count). The van der Waals surface area contributed by atoms with Crippen molar-refractivity contribution in [2.24, 2.45) is 11.0 Å². The first-order valence-electron chi connectivity index (χ1n) is 10.5. The van der Waals surface area contributed by atoms with Gasteiger partial charge in [-0.05, 0) is 44.4 Å². The van der Waals surface area contributed by atoms with E-state index < -0.39 is 28.9 Å². The van der Waals surface area contributed by atoms with Crippen LogP contribution in [0.5, 0.6) is 5.75 Å². The number of carbonyl (C=O) groups excluding carboxylic acids is 2. The van der Waals surface area contributed by atoms with E-state index in [9.17, 15) is 19.7 Å². The minimum Gasteiger partial charge on any atom is -0.479 e. The fourth-order valence-corrected chi connectivity index (χ4v) is 3.41. The number of hydrazone groups is 1. The normalized spacial score (nSPS) is 12.9. The molecule has 0 saturated carbocycles. The largest absolute Gasteiger partial charge is 0.479 e. The van der Waals surface area contributed by atoms with Crippen molar-refractivity contribution < 1.29 is 19.2 Å². The predicted molar refractivity (Wildman–Crippen MR) is 132 cm³/mol. The molecule has 0 spiro atoms. The molecule has 9 nitrogen and oxygen atoms in total. The SMILES string of the molecule is Cc1ccc(/C=N\NC(=O)[C@@H](CC(C)C)NC(=O)[C@H](C)Oc2ccc(Cl)cc2Cl)cc1[N+](=O)[O-]. The number of nitro groups is 1. The van der Waals surface area contributed by atoms with Crippen LogP contribution in [0.1, 0.15) is 38.3 Å². The van der Waals surface area contributed by atoms with Crippen molar-refractivity contribution in [3.63, 3.8) is 0 Å². The molecule has 0 unspecified atom stereocenters. The summed E-state index contributed by atoms with van der Waals surface area (Å²) < 4.78 is 5.61. The number of hydrogen-bond donors (Lipinski definition) is 2. The van der Waals surface area contributed by atoms with Gasteiger partial charge in [0.1, 0.15) is 11.8 Å². The first-order chi connectivity index (χ1) is 16.0. The molecule has 0 heterocycles. The molecule has 0 radical (unpaired) electrons. The summed E-state index contributed by atoms with van der Waals surface area (Å²) in [6, 6.07) is 8.37. The van der Waals surface area contributed by atoms with Crippen LogP contribution < -0.4 is 15.5 Å². The second-order valence-corrected chi connectivity index (χ2v) is 8.91. The highest BCUT2D eigenvalue weighted by molar-refractivity contribution is 6.35. The van der Waals surface area contributed by atoms with Crippen molar-refractivity contribution in [2.75, 3.05) is 0 Å². The van der Waals surface area contributed by atoms with Crippen LogP contribution in [-0.4, -0.2) is 35.1 Å². The third-order valence-corrected chi connectivity index (χ3v) is 5.26. The molecule has 0 aliphatic rings. The highest BCUT2D eigenvalue weighted by Gasteiger charge is 2.25. The Balaban J connectivity index is 2.04. The van der Waals surface area contributed by atoms with E-state index in [-0.39, 0.29) is 22.4 Å². The highest BCUT2D eigenvalue weighted by atomic mass is 35.5. The number of nitrogens with one attached hydrogen (secondary N) is 2. The lowest BCUT2D eigenvalue weighted by atomic mass is 10.0. The Labute approximate surface area is 207 Å². The van der Waals surface area contributed by atoms with E-state index in [1.54, 1.807) is 31.2 Å². The minimum atomic E-state index is -0.933. The highest BCUT2D eigenvalue weighted by Crippen LogP contribution is 2.28. The fraction of sp³-hybridized carbons (Fsp3) is 0.348. The van der Waals surface area contributed by atoms with Gasteiger partial charge in [-0.2, -0.15) is 5.10 Å². The Kier molecular flexibility index (Phi) is 9.83. The van der Waals surface area contributed by atoms with Gasteiger partial charge in [0.25, 0.3) is 17.5 Å². The molecular formula is C23H26Cl2N4O5. The molecule has 0 bridgehead atoms. The van der Waals surface area contributed by atoms with E-state index >= 15 is 0 Å². The van der Waals surface area contributed by atoms with Gasteiger partial charge in [0, 0.05) is 22.2 Å². The van der Waals surface area contributed by atoms with E-state index in [1.165, 1.54) is 25.3 Å². The molecule has 0 aromatic heterocycles. The van der Waals surface area contributed by atoms with Crippen molar-refractivity contribution in [3.8, 4) is 5.75 Å². The summed E-state index contributed by atoms with van der Waals surface area (Å²) in [5, 5.41) is 18.3. The van der Waals surface area contributed by atoms with Crippen LogP contribution in [0.3, 0.4) is 0 Å². The third-order valence-electron chi connectivity index (χ3n) is 4.73. The monoisotopic (exact) mass is 508 g/mol. The molecule has 0 fully saturated rings. The van der Waals surface area contributed by atoms with Crippen LogP contribution in [-0.2, 0) is 9.59 Å². The predicted octanol–water partition coefficient (Wildman–Crippen LogP) is 4.66. The molecule has 2 N–H and O–H groups in total. The van der Waals surface area contributed by atoms with Gasteiger partial charge in [0.05, 0.1) is 16.2 Å². The summed E-state index contributed by atoms with van der Waals surface area (Å²) in [4.78, 5) is 35.9. The minimum absolute atomic E-state index is 0.0463. The van der Waals surface area contributed by atoms with Gasteiger partial charge in [-0.1, -0.05) is 49.2 Å². The molecule has 0 aliphatic heterocycles. The van der Waals surface area contributed by atoms with Crippen molar-refractivity contribution in [1.82, 2.24) is 10.7 Å². The number of amides is 2. The molecule has 2 aromatic rings. The van der Waals surface area contributed by atoms with Crippen LogP contribution in [0.25, 0.3) is 0 Å². The van der Waals surface area contributed by atoms with Crippen LogP contribution in [0, 0.1) is 23.0 Å². The summed E-state index contributed by atoms with van der Waals surface area (Å²) >= 11 is 12.0. The number of nitrogens with zero attached hydrogens (tertiary/aromatic N) is 2. The van der Waals surface area contributed by atoms with E-state index in [4.69, 9.17) is 27.9 Å². The molecule has 11 heteroatoms. The van der Waals surface area contributed by atoms with Crippen molar-refractivity contribution in [3.05, 3.63) is 67.7 Å². The van der Waals surface area contributed by atoms with Gasteiger partial charge in [-0.15, -0.1) is 0 Å². The Bertz CT molecular complexity index is 1090. The number of halogens is 2. The second-order valence-electron chi connectivity index (χ2n) is 8.06. The average molecular weight is 509 g/mol. The molecule has 2 aromatic carbocycles. The summed E-state index contributed by atoms with van der Waals surface area (Å²) in [6.07, 6.45) is 0.724. The zero-order chi connectivity index (χ0) is 25.4. The maximum atomic E-state index is 12.7. The van der Waals surface area contributed by atoms with E-state index in [2.05, 4.69) is 15.8 Å². The van der Waals surface area contributed by atoms with Gasteiger partial charge in [-0.3, -0.25) is 19.7 Å². The Morgan fingerprint density at radius 2 is 1.85 bits per heavy atom. The topological polar surface area (TPSA) is 123 Å². The Hall–Kier alpha value is -3.17. The summed E-state index contributed by atoms with van der Waals surface area (Å²) in [7, 11) is 0. The van der Waals surface area contributed by atoms with E-state index in [0.717, 1.165) is 0 Å². The average Bonchev–Trinajstić information content (AvgIpc) is 2.75. The zero-order valence-corrected chi connectivity index (χ0v) is 20.7. The molecule has 182 valence electrons. The number of rotatable bonds is 10. The maximum Gasteiger partial charge on any atom is 0.272 e. The van der Waals surface area contributed by atoms with Gasteiger partial charge in [0.15, 0.2) is 6.10 Å². The van der Waals surface area contributed by atoms with Crippen LogP contribution in [0.4, 0.5) is 5.69 Å². The number of hydrogen-bond acceptors (Lipinski definition) is 6. The lowest BCUT2D eigenvalue weighted by molar-refractivity contribution is -0.385. The number of nitro benzene ring substituents is 1. The van der Waals surface area contributed by atoms with E-state index in [0.29, 0.717) is 22.6 Å². The number of aryl methyl sites for hydroxylation is 1. The quantitative estimate of drug-likeness (QED) is 0.274. The molecule has 0 saturated heterocycles. The molecule has 2 atom stereocenters.